The van der Waals surface area contributed by atoms with E-state index in [0.717, 1.165) is 5.54 Å². The quantitative estimate of drug-likeness (QED) is 0.603. The van der Waals surface area contributed by atoms with Crippen LogP contribution in [0.5, 0.6) is 0 Å². The summed E-state index contributed by atoms with van der Waals surface area (Å²) in [5.41, 5.74) is 5.09. The summed E-state index contributed by atoms with van der Waals surface area (Å²) in [6.45, 7) is 6.93. The molecular weight excluding hydrogens is 179 g/mol. The Morgan fingerprint density at radius 1 is 1.21 bits per heavy atom. The molecule has 2 radical (unpaired) electrons. The Morgan fingerprint density at radius 3 is 2.57 bits per heavy atom. The van der Waals surface area contributed by atoms with Crippen molar-refractivity contribution in [2.45, 2.75) is 25.6 Å². The molecule has 1 unspecified atom stereocenters. The third-order valence-electron chi connectivity index (χ3n) is 2.67. The van der Waals surface area contributed by atoms with Gasteiger partial charge in [-0.05, 0) is 23.6 Å². The molecule has 1 aliphatic carbocycles. The maximum atomic E-state index is 2.38. The molecule has 1 aliphatic rings. The van der Waals surface area contributed by atoms with E-state index < -0.39 is 0 Å². The van der Waals surface area contributed by atoms with Crippen LogP contribution < -0.4 is 0 Å². The predicted octanol–water partition coefficient (Wildman–Crippen LogP) is 3.02. The molecule has 0 N–H and O–H groups in total. The van der Waals surface area contributed by atoms with Gasteiger partial charge in [0, 0.05) is 18.9 Å². The van der Waals surface area contributed by atoms with Gasteiger partial charge in [0.05, 0.1) is 8.80 Å². The van der Waals surface area contributed by atoms with Crippen molar-refractivity contribution in [3.05, 3.63) is 41.0 Å². The van der Waals surface area contributed by atoms with E-state index in [4.69, 9.17) is 0 Å². The van der Waals surface area contributed by atoms with Crippen LogP contribution in [0.2, 0.25) is 13.1 Å². The molecule has 0 nitrogen and oxygen atoms in total. The smallest absolute Gasteiger partial charge is 0.0548 e. The van der Waals surface area contributed by atoms with E-state index in [1.807, 2.05) is 0 Å². The van der Waals surface area contributed by atoms with Gasteiger partial charge < -0.3 is 0 Å². The monoisotopic (exact) mass is 194 g/mol. The summed E-state index contributed by atoms with van der Waals surface area (Å²) >= 11 is 0. The minimum absolute atomic E-state index is 0. The van der Waals surface area contributed by atoms with Crippen molar-refractivity contribution in [2.24, 2.45) is 0 Å². The molecule has 1 aromatic carbocycles. The van der Waals surface area contributed by atoms with Gasteiger partial charge in [0.2, 0.25) is 0 Å². The van der Waals surface area contributed by atoms with Crippen LogP contribution in [0.3, 0.4) is 0 Å². The number of fused-ring (bicyclic) bond motifs is 1. The number of aryl methyl sites for hydroxylation is 1. The summed E-state index contributed by atoms with van der Waals surface area (Å²) in [7, 11) is -0.224. The second-order valence-electron chi connectivity index (χ2n) is 4.05. The molecule has 0 aromatic heterocycles. The first-order valence-corrected chi connectivity index (χ1v) is 7.35. The van der Waals surface area contributed by atoms with Crippen molar-refractivity contribution in [1.29, 1.82) is 0 Å². The van der Waals surface area contributed by atoms with Gasteiger partial charge in [0.15, 0.2) is 0 Å². The van der Waals surface area contributed by atoms with E-state index in [1.165, 1.54) is 11.1 Å². The van der Waals surface area contributed by atoms with Gasteiger partial charge >= 0.3 is 0 Å². The van der Waals surface area contributed by atoms with E-state index in [0.29, 0.717) is 0 Å². The molecule has 14 heavy (non-hydrogen) atoms. The average molecular weight is 194 g/mol. The minimum Gasteiger partial charge on any atom is -0.0794 e. The molecule has 0 fully saturated rings. The Hall–Kier alpha value is -0.226. The number of hydrogen-bond acceptors (Lipinski definition) is 0. The molecular formula is C12H15LiSi. The second kappa shape index (κ2) is 4.53. The summed E-state index contributed by atoms with van der Waals surface area (Å²) in [6.07, 6.45) is 4.66. The molecule has 1 atom stereocenters. The van der Waals surface area contributed by atoms with Crippen LogP contribution in [0.15, 0.2) is 24.3 Å². The zero-order chi connectivity index (χ0) is 9.42. The van der Waals surface area contributed by atoms with Crippen LogP contribution >= 0.6 is 0 Å². The Bertz CT molecular complexity index is 355. The third-order valence-corrected chi connectivity index (χ3v) is 4.42. The standard InChI is InChI=1S/C12H15Si.Li/c1-9-4-6-11-10(8-9)5-7-12(11)13(2)3;/h4-8,12H,1-3H3;. The summed E-state index contributed by atoms with van der Waals surface area (Å²) in [6, 6.07) is 6.81. The number of hydrogen-bond donors (Lipinski definition) is 0. The van der Waals surface area contributed by atoms with Crippen molar-refractivity contribution < 1.29 is 0 Å². The van der Waals surface area contributed by atoms with E-state index in [-0.39, 0.29) is 27.7 Å². The van der Waals surface area contributed by atoms with Gasteiger partial charge in [-0.15, -0.1) is 0 Å². The normalized spacial score (nSPS) is 18.1. The molecule has 1 aromatic rings. The van der Waals surface area contributed by atoms with Gasteiger partial charge in [-0.1, -0.05) is 49.0 Å². The van der Waals surface area contributed by atoms with Gasteiger partial charge in [0.1, 0.15) is 0 Å². The predicted molar refractivity (Wildman–Crippen MR) is 66.2 cm³/mol. The molecule has 0 heterocycles. The van der Waals surface area contributed by atoms with Crippen LogP contribution in [-0.4, -0.2) is 27.7 Å². The molecule has 0 spiro atoms. The van der Waals surface area contributed by atoms with E-state index >= 15 is 0 Å². The van der Waals surface area contributed by atoms with E-state index in [9.17, 15) is 0 Å². The maximum Gasteiger partial charge on any atom is 0.0548 e. The number of rotatable bonds is 1. The molecule has 68 valence electrons. The Labute approximate surface area is 100 Å². The van der Waals surface area contributed by atoms with Gasteiger partial charge in [-0.3, -0.25) is 0 Å². The zero-order valence-corrected chi connectivity index (χ0v) is 10.5. The van der Waals surface area contributed by atoms with Gasteiger partial charge in [-0.25, -0.2) is 0 Å². The van der Waals surface area contributed by atoms with Crippen molar-refractivity contribution >= 4 is 33.7 Å². The topological polar surface area (TPSA) is 0 Å². The molecule has 0 aliphatic heterocycles. The Kier molecular flexibility index (Phi) is 3.83. The Balaban J connectivity index is 0.000000980. The molecule has 0 bridgehead atoms. The first-order chi connectivity index (χ1) is 6.18. The molecule has 0 saturated heterocycles. The number of benzene rings is 1. The van der Waals surface area contributed by atoms with Crippen LogP contribution in [0.4, 0.5) is 0 Å². The fourth-order valence-corrected chi connectivity index (χ4v) is 3.29. The first kappa shape index (κ1) is 11.8. The summed E-state index contributed by atoms with van der Waals surface area (Å²) in [5, 5.41) is 0. The van der Waals surface area contributed by atoms with Crippen molar-refractivity contribution in [3.8, 4) is 0 Å². The van der Waals surface area contributed by atoms with Crippen LogP contribution in [0, 0.1) is 6.92 Å². The minimum atomic E-state index is -0.224. The average Bonchev–Trinajstić information content (AvgIpc) is 2.46. The fourth-order valence-electron chi connectivity index (χ4n) is 1.93. The van der Waals surface area contributed by atoms with Crippen molar-refractivity contribution in [3.63, 3.8) is 0 Å². The molecule has 2 rings (SSSR count). The molecule has 0 saturated carbocycles. The van der Waals surface area contributed by atoms with E-state index in [2.05, 4.69) is 50.4 Å². The molecule has 0 amide bonds. The summed E-state index contributed by atoms with van der Waals surface area (Å²) in [5.74, 6) is 0. The number of allylic oxidation sites excluding steroid dienone is 1. The van der Waals surface area contributed by atoms with Gasteiger partial charge in [0.25, 0.3) is 0 Å². The largest absolute Gasteiger partial charge is 0.0794 e. The zero-order valence-electron chi connectivity index (χ0n) is 9.46. The van der Waals surface area contributed by atoms with Crippen molar-refractivity contribution in [1.82, 2.24) is 0 Å². The first-order valence-electron chi connectivity index (χ1n) is 4.77. The van der Waals surface area contributed by atoms with Crippen LogP contribution in [0.25, 0.3) is 6.08 Å². The second-order valence-corrected chi connectivity index (χ2v) is 6.82. The fraction of sp³-hybridized carbons (Fsp3) is 0.333. The third kappa shape index (κ3) is 2.06. The van der Waals surface area contributed by atoms with Crippen LogP contribution in [-0.2, 0) is 0 Å². The van der Waals surface area contributed by atoms with E-state index in [1.54, 1.807) is 5.56 Å². The molecule has 2 heteroatoms. The Morgan fingerprint density at radius 2 is 1.93 bits per heavy atom. The summed E-state index contributed by atoms with van der Waals surface area (Å²) in [4.78, 5) is 0. The van der Waals surface area contributed by atoms with Gasteiger partial charge in [-0.2, -0.15) is 0 Å². The summed E-state index contributed by atoms with van der Waals surface area (Å²) < 4.78 is 0. The van der Waals surface area contributed by atoms with Crippen molar-refractivity contribution in [2.75, 3.05) is 0 Å². The van der Waals surface area contributed by atoms with Crippen LogP contribution in [0.1, 0.15) is 22.2 Å². The maximum absolute atomic E-state index is 2.38. The SMILES string of the molecule is Cc1ccc2c(c1)C=CC2[Si](C)C.[Li].